The smallest absolute Gasteiger partial charge is 0.238 e. The number of pyridine rings is 1. The van der Waals surface area contributed by atoms with E-state index in [1.54, 1.807) is 23.0 Å². The van der Waals surface area contributed by atoms with Crippen molar-refractivity contribution < 1.29 is 8.42 Å². The summed E-state index contributed by atoms with van der Waals surface area (Å²) in [6.45, 7) is 0. The highest BCUT2D eigenvalue weighted by Crippen LogP contribution is 2.09. The van der Waals surface area contributed by atoms with Crippen molar-refractivity contribution in [2.24, 2.45) is 5.14 Å². The Bertz CT molecular complexity index is 544. The van der Waals surface area contributed by atoms with Crippen molar-refractivity contribution in [1.82, 2.24) is 9.61 Å². The molecule has 0 unspecified atom stereocenters. The van der Waals surface area contributed by atoms with Gasteiger partial charge in [0.15, 0.2) is 0 Å². The molecule has 0 bridgehead atoms. The number of sulfonamides is 1. The molecule has 0 amide bonds. The fourth-order valence-corrected chi connectivity index (χ4v) is 1.61. The quantitative estimate of drug-likeness (QED) is 0.698. The Hall–Kier alpha value is -1.40. The van der Waals surface area contributed by atoms with Crippen LogP contribution in [0.1, 0.15) is 0 Å². The van der Waals surface area contributed by atoms with E-state index in [9.17, 15) is 8.42 Å². The average Bonchev–Trinajstić information content (AvgIpc) is 2.47. The van der Waals surface area contributed by atoms with Gasteiger partial charge in [0, 0.05) is 12.4 Å². The molecule has 2 N–H and O–H groups in total. The largest absolute Gasteiger partial charge is 0.241 e. The molecule has 6 heteroatoms. The Morgan fingerprint density at radius 3 is 2.85 bits per heavy atom. The normalized spacial score (nSPS) is 12.1. The molecule has 0 radical (unpaired) electrons. The summed E-state index contributed by atoms with van der Waals surface area (Å²) < 4.78 is 23.5. The highest BCUT2D eigenvalue weighted by molar-refractivity contribution is 7.89. The third-order valence-electron chi connectivity index (χ3n) is 1.70. The summed E-state index contributed by atoms with van der Waals surface area (Å²) >= 11 is 0. The summed E-state index contributed by atoms with van der Waals surface area (Å²) in [5.74, 6) is 0. The van der Waals surface area contributed by atoms with Crippen molar-refractivity contribution in [1.29, 1.82) is 0 Å². The molecule has 0 spiro atoms. The van der Waals surface area contributed by atoms with Crippen molar-refractivity contribution in [3.05, 3.63) is 30.6 Å². The van der Waals surface area contributed by atoms with E-state index in [-0.39, 0.29) is 4.90 Å². The van der Waals surface area contributed by atoms with E-state index < -0.39 is 10.0 Å². The summed E-state index contributed by atoms with van der Waals surface area (Å²) in [4.78, 5) is 0.0977. The first-order valence-corrected chi connectivity index (χ1v) is 5.08. The van der Waals surface area contributed by atoms with E-state index in [0.29, 0.717) is 5.52 Å². The number of hydrogen-bond acceptors (Lipinski definition) is 3. The molecule has 0 aliphatic heterocycles. The van der Waals surface area contributed by atoms with Crippen LogP contribution in [0.2, 0.25) is 0 Å². The molecular weight excluding hydrogens is 190 g/mol. The Morgan fingerprint density at radius 2 is 2.15 bits per heavy atom. The molecule has 68 valence electrons. The van der Waals surface area contributed by atoms with Crippen LogP contribution in [0.4, 0.5) is 0 Å². The number of hydrogen-bond donors (Lipinski definition) is 1. The second kappa shape index (κ2) is 2.54. The van der Waals surface area contributed by atoms with E-state index in [1.165, 1.54) is 12.1 Å². The molecule has 2 rings (SSSR count). The second-order valence-electron chi connectivity index (χ2n) is 2.61. The lowest BCUT2D eigenvalue weighted by molar-refractivity contribution is 0.597. The monoisotopic (exact) mass is 197 g/mol. The lowest BCUT2D eigenvalue weighted by atomic mass is 10.4. The lowest BCUT2D eigenvalue weighted by Gasteiger charge is -1.97. The van der Waals surface area contributed by atoms with E-state index in [0.717, 1.165) is 0 Å². The number of aromatic nitrogens is 2. The molecule has 0 saturated heterocycles. The van der Waals surface area contributed by atoms with Crippen molar-refractivity contribution >= 4 is 15.5 Å². The molecular formula is C7H7N3O2S. The zero-order valence-electron chi connectivity index (χ0n) is 6.58. The molecule has 2 aromatic rings. The first kappa shape index (κ1) is 8.21. The highest BCUT2D eigenvalue weighted by Gasteiger charge is 2.07. The molecule has 2 aromatic heterocycles. The van der Waals surface area contributed by atoms with Gasteiger partial charge in [-0.2, -0.15) is 5.10 Å². The minimum absolute atomic E-state index is 0.0977. The Balaban J connectivity index is 2.75. The third-order valence-corrected chi connectivity index (χ3v) is 2.61. The number of rotatable bonds is 1. The number of nitrogens with two attached hydrogens (primary N) is 1. The van der Waals surface area contributed by atoms with E-state index in [4.69, 9.17) is 5.14 Å². The van der Waals surface area contributed by atoms with Crippen LogP contribution < -0.4 is 5.14 Å². The van der Waals surface area contributed by atoms with Gasteiger partial charge < -0.3 is 0 Å². The minimum atomic E-state index is -3.61. The molecule has 0 aliphatic carbocycles. The second-order valence-corrected chi connectivity index (χ2v) is 4.17. The van der Waals surface area contributed by atoms with Gasteiger partial charge in [-0.1, -0.05) is 0 Å². The van der Waals surface area contributed by atoms with Gasteiger partial charge in [-0.25, -0.2) is 18.1 Å². The SMILES string of the molecule is NS(=O)(=O)c1ccn2nccc2c1. The predicted octanol–water partition coefficient (Wildman–Crippen LogP) is -0.0183. The zero-order valence-corrected chi connectivity index (χ0v) is 7.40. The Kier molecular flexibility index (Phi) is 1.61. The van der Waals surface area contributed by atoms with Crippen LogP contribution in [0.3, 0.4) is 0 Å². The first-order chi connectivity index (χ1) is 6.07. The first-order valence-electron chi connectivity index (χ1n) is 3.53. The fraction of sp³-hybridized carbons (Fsp3) is 0. The van der Waals surface area contributed by atoms with Crippen molar-refractivity contribution in [2.75, 3.05) is 0 Å². The number of fused-ring (bicyclic) bond motifs is 1. The van der Waals surface area contributed by atoms with Gasteiger partial charge >= 0.3 is 0 Å². The summed E-state index contributed by atoms with van der Waals surface area (Å²) in [6.07, 6.45) is 3.14. The fourth-order valence-electron chi connectivity index (χ4n) is 1.08. The van der Waals surface area contributed by atoms with Crippen LogP contribution >= 0.6 is 0 Å². The van der Waals surface area contributed by atoms with Gasteiger partial charge in [-0.05, 0) is 18.2 Å². The molecule has 0 aliphatic rings. The Labute approximate surface area is 74.8 Å². The summed E-state index contributed by atoms with van der Waals surface area (Å²) in [7, 11) is -3.61. The molecule has 0 atom stereocenters. The standard InChI is InChI=1S/C7H7N3O2S/c8-13(11,12)7-2-4-10-6(5-7)1-3-9-10/h1-5H,(H2,8,11,12). The van der Waals surface area contributed by atoms with Crippen LogP contribution in [0.15, 0.2) is 35.5 Å². The maximum atomic E-state index is 10.9. The van der Waals surface area contributed by atoms with Gasteiger partial charge in [-0.3, -0.25) is 0 Å². The van der Waals surface area contributed by atoms with Crippen LogP contribution in [0, 0.1) is 0 Å². The molecule has 13 heavy (non-hydrogen) atoms. The maximum absolute atomic E-state index is 10.9. The van der Waals surface area contributed by atoms with Crippen molar-refractivity contribution in [3.63, 3.8) is 0 Å². The average molecular weight is 197 g/mol. The van der Waals surface area contributed by atoms with E-state index >= 15 is 0 Å². The van der Waals surface area contributed by atoms with E-state index in [2.05, 4.69) is 5.10 Å². The minimum Gasteiger partial charge on any atom is -0.241 e. The number of nitrogens with zero attached hydrogens (tertiary/aromatic N) is 2. The van der Waals surface area contributed by atoms with Gasteiger partial charge in [0.05, 0.1) is 10.4 Å². The summed E-state index contributed by atoms with van der Waals surface area (Å²) in [5.41, 5.74) is 0.700. The van der Waals surface area contributed by atoms with Crippen LogP contribution in [-0.4, -0.2) is 18.0 Å². The zero-order chi connectivity index (χ0) is 9.47. The van der Waals surface area contributed by atoms with Gasteiger partial charge in [0.1, 0.15) is 0 Å². The van der Waals surface area contributed by atoms with Crippen molar-refractivity contribution in [2.45, 2.75) is 4.90 Å². The summed E-state index contributed by atoms with van der Waals surface area (Å²) in [5, 5.41) is 8.88. The van der Waals surface area contributed by atoms with Crippen LogP contribution in [-0.2, 0) is 10.0 Å². The van der Waals surface area contributed by atoms with Crippen molar-refractivity contribution in [3.8, 4) is 0 Å². The van der Waals surface area contributed by atoms with Gasteiger partial charge in [0.2, 0.25) is 10.0 Å². The van der Waals surface area contributed by atoms with Crippen LogP contribution in [0.25, 0.3) is 5.52 Å². The molecule has 2 heterocycles. The molecule has 0 aromatic carbocycles. The molecule has 5 nitrogen and oxygen atoms in total. The Morgan fingerprint density at radius 1 is 1.38 bits per heavy atom. The maximum Gasteiger partial charge on any atom is 0.238 e. The van der Waals surface area contributed by atoms with E-state index in [1.807, 2.05) is 0 Å². The third kappa shape index (κ3) is 1.41. The summed E-state index contributed by atoms with van der Waals surface area (Å²) in [6, 6.07) is 4.59. The van der Waals surface area contributed by atoms with Gasteiger partial charge in [0.25, 0.3) is 0 Å². The lowest BCUT2D eigenvalue weighted by Crippen LogP contribution is -2.12. The van der Waals surface area contributed by atoms with Crippen LogP contribution in [0.5, 0.6) is 0 Å². The topological polar surface area (TPSA) is 77.5 Å². The van der Waals surface area contributed by atoms with Gasteiger partial charge in [-0.15, -0.1) is 0 Å². The molecule has 0 fully saturated rings. The predicted molar refractivity (Wildman–Crippen MR) is 46.6 cm³/mol. The number of primary sulfonamides is 1. The molecule has 0 saturated carbocycles. The highest BCUT2D eigenvalue weighted by atomic mass is 32.2.